The first-order valence-corrected chi connectivity index (χ1v) is 9.54. The van der Waals surface area contributed by atoms with Gasteiger partial charge in [0, 0.05) is 24.0 Å². The van der Waals surface area contributed by atoms with Crippen molar-refractivity contribution < 1.29 is 32.6 Å². The molecule has 0 atom stereocenters. The number of nitrogens with one attached hydrogen (secondary N) is 1. The number of hydrogen-bond acceptors (Lipinski definition) is 5. The molecule has 1 amide bonds. The minimum absolute atomic E-state index is 0.0969. The van der Waals surface area contributed by atoms with Crippen LogP contribution in [0.15, 0.2) is 24.3 Å². The molecule has 1 aromatic carbocycles. The van der Waals surface area contributed by atoms with Crippen LogP contribution in [0.5, 0.6) is 11.5 Å². The zero-order chi connectivity index (χ0) is 21.8. The summed E-state index contributed by atoms with van der Waals surface area (Å²) in [6, 6.07) is 6.57. The van der Waals surface area contributed by atoms with Crippen molar-refractivity contribution in [2.75, 3.05) is 13.7 Å². The molecular weight excluding hydrogens is 398 g/mol. The lowest BCUT2D eigenvalue weighted by atomic mass is 10.2. The van der Waals surface area contributed by atoms with Gasteiger partial charge in [0.05, 0.1) is 12.7 Å². The molecule has 1 N–H and O–H groups in total. The predicted octanol–water partition coefficient (Wildman–Crippen LogP) is 3.52. The van der Waals surface area contributed by atoms with Gasteiger partial charge in [0.2, 0.25) is 0 Å². The van der Waals surface area contributed by atoms with E-state index in [2.05, 4.69) is 14.6 Å². The summed E-state index contributed by atoms with van der Waals surface area (Å²) in [6.07, 6.45) is 2.21. The van der Waals surface area contributed by atoms with Gasteiger partial charge in [-0.15, -0.1) is 0 Å². The van der Waals surface area contributed by atoms with Crippen LogP contribution in [-0.4, -0.2) is 36.8 Å². The van der Waals surface area contributed by atoms with Gasteiger partial charge in [-0.3, -0.25) is 4.79 Å². The first kappa shape index (κ1) is 21.6. The normalized spacial score (nSPS) is 13.3. The third kappa shape index (κ3) is 5.08. The van der Waals surface area contributed by atoms with Gasteiger partial charge in [-0.25, -0.2) is 4.79 Å². The van der Waals surface area contributed by atoms with Gasteiger partial charge in [0.1, 0.15) is 0 Å². The van der Waals surface area contributed by atoms with Crippen molar-refractivity contribution in [3.63, 3.8) is 0 Å². The highest BCUT2D eigenvalue weighted by Crippen LogP contribution is 2.38. The molecule has 0 radical (unpaired) electrons. The van der Waals surface area contributed by atoms with Gasteiger partial charge in [-0.05, 0) is 50.5 Å². The highest BCUT2D eigenvalue weighted by Gasteiger charge is 2.28. The lowest BCUT2D eigenvalue weighted by Gasteiger charge is -2.12. The molecule has 1 saturated carbocycles. The van der Waals surface area contributed by atoms with E-state index >= 15 is 0 Å². The van der Waals surface area contributed by atoms with E-state index in [0.717, 1.165) is 24.2 Å². The molecule has 0 unspecified atom stereocenters. The number of methoxy groups -OCH3 is 1. The lowest BCUT2D eigenvalue weighted by Crippen LogP contribution is -2.28. The van der Waals surface area contributed by atoms with Crippen LogP contribution in [0.2, 0.25) is 0 Å². The Morgan fingerprint density at radius 1 is 1.20 bits per heavy atom. The second-order valence-corrected chi connectivity index (χ2v) is 7.10. The maximum atomic E-state index is 12.4. The minimum Gasteiger partial charge on any atom is -0.493 e. The van der Waals surface area contributed by atoms with Gasteiger partial charge in [0.15, 0.2) is 18.1 Å². The SMILES string of the molecule is COc1cc(CNC(=O)COC(=O)c2cc(C)n(C3CC3)c2C)ccc1OC(F)F. The predicted molar refractivity (Wildman–Crippen MR) is 104 cm³/mol. The van der Waals surface area contributed by atoms with Gasteiger partial charge in [-0.1, -0.05) is 6.07 Å². The van der Waals surface area contributed by atoms with Crippen molar-refractivity contribution in [1.82, 2.24) is 9.88 Å². The van der Waals surface area contributed by atoms with Crippen LogP contribution in [0.1, 0.15) is 46.2 Å². The molecule has 0 aliphatic heterocycles. The number of carbonyl (C=O) groups excluding carboxylic acids is 2. The topological polar surface area (TPSA) is 78.8 Å². The van der Waals surface area contributed by atoms with Crippen LogP contribution in [0.25, 0.3) is 0 Å². The molecule has 7 nitrogen and oxygen atoms in total. The number of halogens is 2. The summed E-state index contributed by atoms with van der Waals surface area (Å²) in [4.78, 5) is 24.4. The van der Waals surface area contributed by atoms with Gasteiger partial charge < -0.3 is 24.1 Å². The van der Waals surface area contributed by atoms with Crippen LogP contribution in [0, 0.1) is 13.8 Å². The van der Waals surface area contributed by atoms with E-state index in [1.165, 1.54) is 25.3 Å². The van der Waals surface area contributed by atoms with Gasteiger partial charge >= 0.3 is 12.6 Å². The van der Waals surface area contributed by atoms with Crippen molar-refractivity contribution in [2.24, 2.45) is 0 Å². The summed E-state index contributed by atoms with van der Waals surface area (Å²) in [5.41, 5.74) is 2.92. The number of carbonyl (C=O) groups is 2. The van der Waals surface area contributed by atoms with Crippen LogP contribution < -0.4 is 14.8 Å². The van der Waals surface area contributed by atoms with Gasteiger partial charge in [0.25, 0.3) is 5.91 Å². The fraction of sp³-hybridized carbons (Fsp3) is 0.429. The monoisotopic (exact) mass is 422 g/mol. The third-order valence-electron chi connectivity index (χ3n) is 4.88. The highest BCUT2D eigenvalue weighted by molar-refractivity contribution is 5.92. The van der Waals surface area contributed by atoms with Crippen LogP contribution in [0.4, 0.5) is 8.78 Å². The largest absolute Gasteiger partial charge is 0.493 e. The number of benzene rings is 1. The van der Waals surface area contributed by atoms with Crippen LogP contribution in [0.3, 0.4) is 0 Å². The molecule has 9 heteroatoms. The highest BCUT2D eigenvalue weighted by atomic mass is 19.3. The van der Waals surface area contributed by atoms with E-state index in [1.807, 2.05) is 13.8 Å². The standard InChI is InChI=1S/C21H24F2N2O5/c1-12-8-16(13(2)25(12)15-5-6-15)20(27)29-11-19(26)24-10-14-4-7-17(30-21(22)23)18(9-14)28-3/h4,7-9,15,21H,5-6,10-11H2,1-3H3,(H,24,26). The summed E-state index contributed by atoms with van der Waals surface area (Å²) in [7, 11) is 1.33. The smallest absolute Gasteiger partial charge is 0.387 e. The van der Waals surface area contributed by atoms with E-state index in [9.17, 15) is 18.4 Å². The number of nitrogens with zero attached hydrogens (tertiary/aromatic N) is 1. The molecule has 1 aliphatic rings. The summed E-state index contributed by atoms with van der Waals surface area (Å²) in [5, 5.41) is 2.61. The molecule has 3 rings (SSSR count). The van der Waals surface area contributed by atoms with Crippen molar-refractivity contribution in [3.8, 4) is 11.5 Å². The molecule has 1 aliphatic carbocycles. The molecule has 30 heavy (non-hydrogen) atoms. The Morgan fingerprint density at radius 2 is 1.93 bits per heavy atom. The average Bonchev–Trinajstić information content (AvgIpc) is 3.49. The van der Waals surface area contributed by atoms with E-state index in [4.69, 9.17) is 9.47 Å². The third-order valence-corrected chi connectivity index (χ3v) is 4.88. The first-order chi connectivity index (χ1) is 14.3. The summed E-state index contributed by atoms with van der Waals surface area (Å²) in [6.45, 7) is 0.540. The molecule has 0 spiro atoms. The number of rotatable bonds is 9. The van der Waals surface area contributed by atoms with Crippen molar-refractivity contribution >= 4 is 11.9 Å². The number of amides is 1. The van der Waals surface area contributed by atoms with Crippen LogP contribution in [-0.2, 0) is 16.1 Å². The van der Waals surface area contributed by atoms with Gasteiger partial charge in [-0.2, -0.15) is 8.78 Å². The molecule has 1 aromatic heterocycles. The minimum atomic E-state index is -2.97. The number of aryl methyl sites for hydroxylation is 1. The zero-order valence-corrected chi connectivity index (χ0v) is 17.0. The summed E-state index contributed by atoms with van der Waals surface area (Å²) < 4.78 is 41.4. The molecule has 2 aromatic rings. The average molecular weight is 422 g/mol. The van der Waals surface area contributed by atoms with Crippen LogP contribution >= 0.6 is 0 Å². The molecule has 1 fully saturated rings. The Labute approximate surface area is 172 Å². The number of hydrogen-bond donors (Lipinski definition) is 1. The summed E-state index contributed by atoms with van der Waals surface area (Å²) in [5.74, 6) is -0.994. The Morgan fingerprint density at radius 3 is 2.57 bits per heavy atom. The van der Waals surface area contributed by atoms with Crippen molar-refractivity contribution in [1.29, 1.82) is 0 Å². The van der Waals surface area contributed by atoms with Crippen molar-refractivity contribution in [3.05, 3.63) is 46.8 Å². The number of ether oxygens (including phenoxy) is 3. The maximum Gasteiger partial charge on any atom is 0.387 e. The zero-order valence-electron chi connectivity index (χ0n) is 17.0. The number of esters is 1. The maximum absolute atomic E-state index is 12.4. The molecule has 0 bridgehead atoms. The Balaban J connectivity index is 1.51. The lowest BCUT2D eigenvalue weighted by molar-refractivity contribution is -0.124. The second-order valence-electron chi connectivity index (χ2n) is 7.10. The summed E-state index contributed by atoms with van der Waals surface area (Å²) >= 11 is 0. The Hall–Kier alpha value is -3.10. The molecular formula is C21H24F2N2O5. The number of aromatic nitrogens is 1. The van der Waals surface area contributed by atoms with E-state index in [1.54, 1.807) is 6.07 Å². The second kappa shape index (κ2) is 9.15. The Kier molecular flexibility index (Phi) is 6.59. The Bertz CT molecular complexity index is 938. The molecule has 1 heterocycles. The van der Waals surface area contributed by atoms with Crippen molar-refractivity contribution in [2.45, 2.75) is 45.9 Å². The molecule has 0 saturated heterocycles. The fourth-order valence-electron chi connectivity index (χ4n) is 3.35. The van der Waals surface area contributed by atoms with E-state index in [-0.39, 0.29) is 18.0 Å². The number of alkyl halides is 2. The quantitative estimate of drug-likeness (QED) is 0.626. The van der Waals surface area contributed by atoms with E-state index in [0.29, 0.717) is 17.2 Å². The van der Waals surface area contributed by atoms with E-state index < -0.39 is 25.1 Å². The fourth-order valence-corrected chi connectivity index (χ4v) is 3.35. The molecule has 162 valence electrons. The first-order valence-electron chi connectivity index (χ1n) is 9.54.